The Balaban J connectivity index is 1.42. The standard InChI is InChI=1S/C36H22N2S2/c1-3-13-29-27(11-1)31(23-7-5-9-25(19-23)35-37-15-17-39-35)21-34-30-14-4-2-12-28(30)32(22-33(29)34)24-8-6-10-26(20-24)36-38-16-18-40-36/h1-22H. The highest BCUT2D eigenvalue weighted by Gasteiger charge is 2.15. The van der Waals surface area contributed by atoms with Crippen molar-refractivity contribution in [3.05, 3.63) is 132 Å². The van der Waals surface area contributed by atoms with Gasteiger partial charge in [-0.15, -0.1) is 22.7 Å². The molecule has 40 heavy (non-hydrogen) atoms. The molecular formula is C36H22N2S2. The maximum absolute atomic E-state index is 4.55. The minimum absolute atomic E-state index is 1.04. The third-order valence-electron chi connectivity index (χ3n) is 7.59. The van der Waals surface area contributed by atoms with Gasteiger partial charge in [0, 0.05) is 34.3 Å². The molecule has 0 radical (unpaired) electrons. The zero-order valence-electron chi connectivity index (χ0n) is 21.4. The van der Waals surface area contributed by atoms with Crippen molar-refractivity contribution < 1.29 is 0 Å². The number of hydrogen-bond acceptors (Lipinski definition) is 4. The van der Waals surface area contributed by atoms with Crippen molar-refractivity contribution in [2.75, 3.05) is 0 Å². The van der Waals surface area contributed by atoms with Crippen molar-refractivity contribution in [3.8, 4) is 43.4 Å². The molecule has 4 heteroatoms. The molecule has 0 aliphatic heterocycles. The van der Waals surface area contributed by atoms with Crippen LogP contribution in [0, 0.1) is 0 Å². The summed E-state index contributed by atoms with van der Waals surface area (Å²) in [6.07, 6.45) is 3.74. The lowest BCUT2D eigenvalue weighted by atomic mass is 9.87. The molecule has 0 fully saturated rings. The van der Waals surface area contributed by atoms with Gasteiger partial charge in [0.25, 0.3) is 0 Å². The molecule has 0 N–H and O–H groups in total. The summed E-state index contributed by atoms with van der Waals surface area (Å²) < 4.78 is 0. The Labute approximate surface area is 239 Å². The highest BCUT2D eigenvalue weighted by Crippen LogP contribution is 2.42. The van der Waals surface area contributed by atoms with Crippen LogP contribution in [0.4, 0.5) is 0 Å². The minimum atomic E-state index is 1.04. The largest absolute Gasteiger partial charge is 0.245 e. The first kappa shape index (κ1) is 23.3. The van der Waals surface area contributed by atoms with E-state index >= 15 is 0 Å². The molecule has 0 spiro atoms. The molecule has 188 valence electrons. The Morgan fingerprint density at radius 1 is 0.375 bits per heavy atom. The van der Waals surface area contributed by atoms with Crippen LogP contribution < -0.4 is 0 Å². The van der Waals surface area contributed by atoms with Crippen LogP contribution in [0.2, 0.25) is 0 Å². The summed E-state index contributed by atoms with van der Waals surface area (Å²) in [5.74, 6) is 0. The van der Waals surface area contributed by atoms with Crippen LogP contribution in [0.25, 0.3) is 75.7 Å². The summed E-state index contributed by atoms with van der Waals surface area (Å²) in [5.41, 5.74) is 7.19. The van der Waals surface area contributed by atoms with Crippen LogP contribution in [0.3, 0.4) is 0 Å². The number of aromatic nitrogens is 2. The van der Waals surface area contributed by atoms with Gasteiger partial charge < -0.3 is 0 Å². The molecule has 0 unspecified atom stereocenters. The van der Waals surface area contributed by atoms with E-state index in [0.717, 1.165) is 21.1 Å². The van der Waals surface area contributed by atoms with E-state index in [4.69, 9.17) is 0 Å². The van der Waals surface area contributed by atoms with Crippen molar-refractivity contribution >= 4 is 55.0 Å². The maximum Gasteiger partial charge on any atom is 0.123 e. The van der Waals surface area contributed by atoms with Gasteiger partial charge in [0.05, 0.1) is 0 Å². The Bertz CT molecular complexity index is 2000. The van der Waals surface area contributed by atoms with Crippen LogP contribution in [-0.2, 0) is 0 Å². The van der Waals surface area contributed by atoms with Crippen molar-refractivity contribution in [2.24, 2.45) is 0 Å². The number of fused-ring (bicyclic) bond motifs is 5. The Morgan fingerprint density at radius 3 is 1.23 bits per heavy atom. The van der Waals surface area contributed by atoms with Crippen LogP contribution in [-0.4, -0.2) is 9.97 Å². The fraction of sp³-hybridized carbons (Fsp3) is 0. The monoisotopic (exact) mass is 546 g/mol. The van der Waals surface area contributed by atoms with Gasteiger partial charge in [-0.3, -0.25) is 0 Å². The molecule has 0 aliphatic carbocycles. The molecule has 2 aromatic heterocycles. The number of thiazole rings is 2. The number of benzene rings is 6. The highest BCUT2D eigenvalue weighted by molar-refractivity contribution is 7.13. The van der Waals surface area contributed by atoms with E-state index in [2.05, 4.69) is 119 Å². The van der Waals surface area contributed by atoms with E-state index in [1.807, 2.05) is 23.2 Å². The average Bonchev–Trinajstić information content (AvgIpc) is 3.76. The normalized spacial score (nSPS) is 11.5. The average molecular weight is 547 g/mol. The van der Waals surface area contributed by atoms with Gasteiger partial charge in [-0.25, -0.2) is 9.97 Å². The van der Waals surface area contributed by atoms with E-state index in [-0.39, 0.29) is 0 Å². The molecule has 0 bridgehead atoms. The lowest BCUT2D eigenvalue weighted by Gasteiger charge is -2.16. The van der Waals surface area contributed by atoms with E-state index < -0.39 is 0 Å². The first-order valence-electron chi connectivity index (χ1n) is 13.2. The zero-order valence-corrected chi connectivity index (χ0v) is 23.0. The predicted molar refractivity (Wildman–Crippen MR) is 172 cm³/mol. The lowest BCUT2D eigenvalue weighted by Crippen LogP contribution is -1.89. The molecule has 8 rings (SSSR count). The van der Waals surface area contributed by atoms with Crippen molar-refractivity contribution in [1.82, 2.24) is 9.97 Å². The quantitative estimate of drug-likeness (QED) is 0.205. The Kier molecular flexibility index (Phi) is 5.54. The van der Waals surface area contributed by atoms with E-state index in [0.29, 0.717) is 0 Å². The van der Waals surface area contributed by atoms with Crippen LogP contribution in [0.1, 0.15) is 0 Å². The highest BCUT2D eigenvalue weighted by atomic mass is 32.1. The Hall–Kier alpha value is -4.64. The second-order valence-corrected chi connectivity index (χ2v) is 11.7. The van der Waals surface area contributed by atoms with Crippen LogP contribution in [0.5, 0.6) is 0 Å². The van der Waals surface area contributed by atoms with Gasteiger partial charge in [0.2, 0.25) is 0 Å². The molecule has 0 amide bonds. The van der Waals surface area contributed by atoms with Crippen LogP contribution in [0.15, 0.2) is 132 Å². The van der Waals surface area contributed by atoms with Crippen LogP contribution >= 0.6 is 22.7 Å². The molecule has 6 aromatic carbocycles. The lowest BCUT2D eigenvalue weighted by molar-refractivity contribution is 1.41. The fourth-order valence-electron chi connectivity index (χ4n) is 5.80. The van der Waals surface area contributed by atoms with Crippen molar-refractivity contribution in [3.63, 3.8) is 0 Å². The third kappa shape index (κ3) is 3.84. The van der Waals surface area contributed by atoms with Gasteiger partial charge >= 0.3 is 0 Å². The minimum Gasteiger partial charge on any atom is -0.245 e. The van der Waals surface area contributed by atoms with E-state index in [1.165, 1.54) is 54.6 Å². The van der Waals surface area contributed by atoms with Gasteiger partial charge in [0.1, 0.15) is 10.0 Å². The number of rotatable bonds is 4. The first-order chi connectivity index (χ1) is 19.8. The SMILES string of the molecule is c1cc(-c2nccs2)cc(-c2cc3c4ccccc4c(-c4cccc(-c5nccs5)c4)cc3c3ccccc23)c1. The topological polar surface area (TPSA) is 25.8 Å². The molecule has 0 aliphatic rings. The smallest absolute Gasteiger partial charge is 0.123 e. The molecule has 8 aromatic rings. The summed E-state index contributed by atoms with van der Waals surface area (Å²) in [6.45, 7) is 0. The number of hydrogen-bond donors (Lipinski definition) is 0. The van der Waals surface area contributed by atoms with Gasteiger partial charge in [0.15, 0.2) is 0 Å². The summed E-state index contributed by atoms with van der Waals surface area (Å²) in [4.78, 5) is 9.10. The fourth-order valence-corrected chi connectivity index (χ4v) is 7.07. The molecule has 0 atom stereocenters. The number of nitrogens with zero attached hydrogens (tertiary/aromatic N) is 2. The summed E-state index contributed by atoms with van der Waals surface area (Å²) in [6, 6.07) is 39.9. The summed E-state index contributed by atoms with van der Waals surface area (Å²) in [5, 5.41) is 13.7. The van der Waals surface area contributed by atoms with Gasteiger partial charge in [-0.2, -0.15) is 0 Å². The van der Waals surface area contributed by atoms with E-state index in [1.54, 1.807) is 22.7 Å². The molecule has 2 nitrogen and oxygen atoms in total. The third-order valence-corrected chi connectivity index (χ3v) is 9.23. The molecule has 0 saturated heterocycles. The van der Waals surface area contributed by atoms with Crippen molar-refractivity contribution in [2.45, 2.75) is 0 Å². The van der Waals surface area contributed by atoms with Gasteiger partial charge in [-0.05, 0) is 78.8 Å². The second kappa shape index (κ2) is 9.53. The van der Waals surface area contributed by atoms with Crippen molar-refractivity contribution in [1.29, 1.82) is 0 Å². The molecular weight excluding hydrogens is 525 g/mol. The summed E-state index contributed by atoms with van der Waals surface area (Å²) in [7, 11) is 0. The van der Waals surface area contributed by atoms with E-state index in [9.17, 15) is 0 Å². The molecule has 2 heterocycles. The Morgan fingerprint density at radius 2 is 0.800 bits per heavy atom. The van der Waals surface area contributed by atoms with Gasteiger partial charge in [-0.1, -0.05) is 84.9 Å². The maximum atomic E-state index is 4.55. The predicted octanol–water partition coefficient (Wildman–Crippen LogP) is 10.7. The second-order valence-electron chi connectivity index (χ2n) is 9.87. The zero-order chi connectivity index (χ0) is 26.5. The molecule has 0 saturated carbocycles. The first-order valence-corrected chi connectivity index (χ1v) is 15.0. The summed E-state index contributed by atoms with van der Waals surface area (Å²) >= 11 is 3.35.